The summed E-state index contributed by atoms with van der Waals surface area (Å²) in [5.41, 5.74) is -0.0735. The Morgan fingerprint density at radius 1 is 1.33 bits per heavy atom. The lowest BCUT2D eigenvalue weighted by Crippen LogP contribution is -2.32. The van der Waals surface area contributed by atoms with Crippen molar-refractivity contribution in [3.63, 3.8) is 0 Å². The molecule has 8 nitrogen and oxygen atoms in total. The van der Waals surface area contributed by atoms with Gasteiger partial charge in [0.05, 0.1) is 0 Å². The van der Waals surface area contributed by atoms with Crippen molar-refractivity contribution in [2.75, 3.05) is 31.5 Å². The van der Waals surface area contributed by atoms with Crippen molar-refractivity contribution < 1.29 is 23.8 Å². The first-order chi connectivity index (χ1) is 14.4. The average molecular weight is 457 g/mol. The van der Waals surface area contributed by atoms with Gasteiger partial charge in [-0.2, -0.15) is 4.37 Å². The topological polar surface area (TPSA) is 104 Å². The maximum atomic E-state index is 13.9. The summed E-state index contributed by atoms with van der Waals surface area (Å²) in [5.74, 6) is -2.06. The fourth-order valence-corrected chi connectivity index (χ4v) is 3.97. The van der Waals surface area contributed by atoms with Gasteiger partial charge in [-0.1, -0.05) is 17.7 Å². The van der Waals surface area contributed by atoms with E-state index in [-0.39, 0.29) is 33.6 Å². The van der Waals surface area contributed by atoms with Crippen molar-refractivity contribution in [1.29, 1.82) is 0 Å². The van der Waals surface area contributed by atoms with Crippen LogP contribution in [-0.4, -0.2) is 52.6 Å². The van der Waals surface area contributed by atoms with E-state index in [0.717, 1.165) is 43.7 Å². The predicted molar refractivity (Wildman–Crippen MR) is 112 cm³/mol. The molecule has 0 aliphatic carbocycles. The maximum Gasteiger partial charge on any atom is 0.344 e. The maximum absolute atomic E-state index is 13.9. The zero-order valence-electron chi connectivity index (χ0n) is 16.1. The Labute approximate surface area is 182 Å². The van der Waals surface area contributed by atoms with E-state index in [1.165, 1.54) is 25.0 Å². The van der Waals surface area contributed by atoms with Crippen molar-refractivity contribution in [3.05, 3.63) is 40.2 Å². The van der Waals surface area contributed by atoms with Crippen LogP contribution < -0.4 is 15.4 Å². The molecule has 0 unspecified atom stereocenters. The number of carboxylic acid groups (broad SMARTS) is 1. The van der Waals surface area contributed by atoms with E-state index in [2.05, 4.69) is 19.9 Å². The third-order valence-electron chi connectivity index (χ3n) is 4.62. The van der Waals surface area contributed by atoms with Crippen molar-refractivity contribution in [2.24, 2.45) is 0 Å². The summed E-state index contributed by atoms with van der Waals surface area (Å²) in [6.07, 6.45) is 3.24. The second kappa shape index (κ2) is 10.6. The Morgan fingerprint density at radius 2 is 2.10 bits per heavy atom. The number of nitrogens with zero attached hydrogens (tertiary/aromatic N) is 2. The van der Waals surface area contributed by atoms with E-state index >= 15 is 0 Å². The Balaban J connectivity index is 1.54. The van der Waals surface area contributed by atoms with Crippen LogP contribution in [0.3, 0.4) is 0 Å². The van der Waals surface area contributed by atoms with Gasteiger partial charge in [0.15, 0.2) is 5.56 Å². The molecule has 1 aliphatic rings. The fourth-order valence-electron chi connectivity index (χ4n) is 3.09. The Bertz CT molecular complexity index is 905. The number of hydrogen-bond donors (Lipinski definition) is 3. The number of carbonyl (C=O) groups is 2. The SMILES string of the molecule is O=C(NCCCN1CCCC1)Nc1snc(OCc2ccc(Cl)cc2F)c1C(=O)O. The average Bonchev–Trinajstić information content (AvgIpc) is 3.34. The number of carboxylic acids is 1. The molecule has 0 saturated carbocycles. The molecule has 0 spiro atoms. The Kier molecular flexibility index (Phi) is 7.83. The van der Waals surface area contributed by atoms with E-state index in [4.69, 9.17) is 16.3 Å². The van der Waals surface area contributed by atoms with E-state index in [1.54, 1.807) is 0 Å². The van der Waals surface area contributed by atoms with Crippen LogP contribution in [0.4, 0.5) is 14.2 Å². The molecule has 0 bridgehead atoms. The molecule has 162 valence electrons. The highest BCUT2D eigenvalue weighted by atomic mass is 35.5. The molecule has 0 atom stereocenters. The molecule has 2 heterocycles. The zero-order chi connectivity index (χ0) is 21.5. The van der Waals surface area contributed by atoms with Crippen LogP contribution in [0.1, 0.15) is 35.2 Å². The highest BCUT2D eigenvalue weighted by molar-refractivity contribution is 7.11. The summed E-state index contributed by atoms with van der Waals surface area (Å²) < 4.78 is 23.2. The number of likely N-dealkylation sites (tertiary alicyclic amines) is 1. The van der Waals surface area contributed by atoms with Gasteiger partial charge in [-0.3, -0.25) is 5.32 Å². The van der Waals surface area contributed by atoms with E-state index in [1.807, 2.05) is 0 Å². The van der Waals surface area contributed by atoms with Crippen molar-refractivity contribution in [1.82, 2.24) is 14.6 Å². The van der Waals surface area contributed by atoms with Crippen LogP contribution in [0.2, 0.25) is 5.02 Å². The number of amides is 2. The van der Waals surface area contributed by atoms with E-state index < -0.39 is 17.8 Å². The van der Waals surface area contributed by atoms with Gasteiger partial charge in [-0.25, -0.2) is 14.0 Å². The lowest BCUT2D eigenvalue weighted by atomic mass is 10.2. The second-order valence-electron chi connectivity index (χ2n) is 6.80. The van der Waals surface area contributed by atoms with Crippen molar-refractivity contribution in [3.8, 4) is 5.88 Å². The highest BCUT2D eigenvalue weighted by Crippen LogP contribution is 2.31. The lowest BCUT2D eigenvalue weighted by Gasteiger charge is -2.14. The van der Waals surface area contributed by atoms with Gasteiger partial charge < -0.3 is 20.1 Å². The van der Waals surface area contributed by atoms with Crippen molar-refractivity contribution in [2.45, 2.75) is 25.9 Å². The molecule has 2 aromatic rings. The summed E-state index contributed by atoms with van der Waals surface area (Å²) in [6, 6.07) is 3.57. The third kappa shape index (κ3) is 6.04. The molecule has 3 rings (SSSR count). The number of ether oxygens (including phenoxy) is 1. The molecule has 1 fully saturated rings. The number of hydrogen-bond acceptors (Lipinski definition) is 6. The second-order valence-corrected chi connectivity index (χ2v) is 8.01. The summed E-state index contributed by atoms with van der Waals surface area (Å²) >= 11 is 6.50. The molecule has 11 heteroatoms. The molecular formula is C19H22ClFN4O4S. The molecule has 2 amide bonds. The van der Waals surface area contributed by atoms with Crippen LogP contribution in [-0.2, 0) is 6.61 Å². The number of anilines is 1. The van der Waals surface area contributed by atoms with Gasteiger partial charge in [0, 0.05) is 17.1 Å². The molecule has 1 saturated heterocycles. The first-order valence-electron chi connectivity index (χ1n) is 9.51. The summed E-state index contributed by atoms with van der Waals surface area (Å²) in [5, 5.41) is 15.0. The van der Waals surface area contributed by atoms with Gasteiger partial charge in [0.1, 0.15) is 17.4 Å². The third-order valence-corrected chi connectivity index (χ3v) is 5.60. The number of halogens is 2. The normalized spacial score (nSPS) is 13.9. The van der Waals surface area contributed by atoms with Crippen LogP contribution in [0.25, 0.3) is 0 Å². The number of benzene rings is 1. The minimum atomic E-state index is -1.31. The summed E-state index contributed by atoms with van der Waals surface area (Å²) in [7, 11) is 0. The lowest BCUT2D eigenvalue weighted by molar-refractivity contribution is 0.0693. The molecule has 30 heavy (non-hydrogen) atoms. The predicted octanol–water partition coefficient (Wildman–Crippen LogP) is 3.82. The smallest absolute Gasteiger partial charge is 0.344 e. The van der Waals surface area contributed by atoms with Gasteiger partial charge >= 0.3 is 12.0 Å². The van der Waals surface area contributed by atoms with Crippen LogP contribution in [0.15, 0.2) is 18.2 Å². The zero-order valence-corrected chi connectivity index (χ0v) is 17.7. The molecule has 1 aromatic carbocycles. The van der Waals surface area contributed by atoms with Gasteiger partial charge in [-0.15, -0.1) is 0 Å². The molecular weight excluding hydrogens is 435 g/mol. The van der Waals surface area contributed by atoms with Gasteiger partial charge in [0.25, 0.3) is 0 Å². The quantitative estimate of drug-likeness (QED) is 0.495. The standard InChI is InChI=1S/C19H22ClFN4O4S/c20-13-5-4-12(14(21)10-13)11-29-16-15(18(26)27)17(30-24-16)23-19(28)22-6-3-9-25-7-1-2-8-25/h4-5,10H,1-3,6-9,11H2,(H,26,27)(H2,22,23,28). The molecule has 3 N–H and O–H groups in total. The van der Waals surface area contributed by atoms with Crippen LogP contribution in [0, 0.1) is 5.82 Å². The van der Waals surface area contributed by atoms with E-state index in [9.17, 15) is 19.1 Å². The van der Waals surface area contributed by atoms with Crippen LogP contribution in [0.5, 0.6) is 5.88 Å². The number of aromatic nitrogens is 1. The number of aromatic carboxylic acids is 1. The largest absolute Gasteiger partial charge is 0.477 e. The first-order valence-corrected chi connectivity index (χ1v) is 10.7. The fraction of sp³-hybridized carbons (Fsp3) is 0.421. The minimum Gasteiger partial charge on any atom is -0.477 e. The number of nitrogens with one attached hydrogen (secondary N) is 2. The van der Waals surface area contributed by atoms with Crippen molar-refractivity contribution >= 4 is 40.1 Å². The van der Waals surface area contributed by atoms with Gasteiger partial charge in [0.2, 0.25) is 5.88 Å². The Hall–Kier alpha value is -2.43. The molecule has 1 aromatic heterocycles. The number of rotatable bonds is 9. The molecule has 1 aliphatic heterocycles. The van der Waals surface area contributed by atoms with E-state index in [0.29, 0.717) is 6.54 Å². The number of urea groups is 1. The summed E-state index contributed by atoms with van der Waals surface area (Å²) in [6.45, 7) is 3.35. The number of carbonyl (C=O) groups excluding carboxylic acids is 1. The first kappa shape index (κ1) is 22.3. The van der Waals surface area contributed by atoms with Gasteiger partial charge in [-0.05, 0) is 62.6 Å². The Morgan fingerprint density at radius 3 is 2.80 bits per heavy atom. The van der Waals surface area contributed by atoms with Crippen LogP contribution >= 0.6 is 23.1 Å². The highest BCUT2D eigenvalue weighted by Gasteiger charge is 2.23. The minimum absolute atomic E-state index is 0.0473. The summed E-state index contributed by atoms with van der Waals surface area (Å²) in [4.78, 5) is 26.1. The molecule has 0 radical (unpaired) electrons. The monoisotopic (exact) mass is 456 g/mol.